The molecule has 0 amide bonds. The lowest BCUT2D eigenvalue weighted by atomic mass is 10.2. The maximum atomic E-state index is 10.5. The maximum absolute atomic E-state index is 10.5. The predicted molar refractivity (Wildman–Crippen MR) is 67.1 cm³/mol. The Morgan fingerprint density at radius 1 is 1.59 bits per heavy atom. The molecular weight excluding hydrogens is 236 g/mol. The lowest BCUT2D eigenvalue weighted by molar-refractivity contribution is -0.131. The number of aryl methyl sites for hydroxylation is 1. The number of carbonyl (C=O) groups is 1. The zero-order chi connectivity index (χ0) is 12.3. The average molecular weight is 248 g/mol. The highest BCUT2D eigenvalue weighted by Crippen LogP contribution is 2.19. The lowest BCUT2D eigenvalue weighted by Gasteiger charge is -2.03. The number of hydrogen-bond donors (Lipinski definition) is 1. The Labute approximate surface area is 103 Å². The molecule has 1 N–H and O–H groups in total. The van der Waals surface area contributed by atoms with E-state index in [1.54, 1.807) is 23.6 Å². The van der Waals surface area contributed by atoms with Crippen LogP contribution in [0.25, 0.3) is 6.08 Å². The first-order chi connectivity index (χ1) is 8.16. The van der Waals surface area contributed by atoms with Gasteiger partial charge in [-0.2, -0.15) is 5.10 Å². The average Bonchev–Trinajstić information content (AvgIpc) is 2.87. The smallest absolute Gasteiger partial charge is 0.328 e. The molecule has 0 unspecified atom stereocenters. The van der Waals surface area contributed by atoms with E-state index in [1.807, 2.05) is 29.1 Å². The molecular formula is C12H12N2O2S. The normalized spacial score (nSPS) is 11.1. The summed E-state index contributed by atoms with van der Waals surface area (Å²) in [6, 6.07) is 3.86. The summed E-state index contributed by atoms with van der Waals surface area (Å²) in [7, 11) is 0. The van der Waals surface area contributed by atoms with E-state index >= 15 is 0 Å². The zero-order valence-corrected chi connectivity index (χ0v) is 10.1. The van der Waals surface area contributed by atoms with Gasteiger partial charge in [0.15, 0.2) is 0 Å². The molecule has 88 valence electrons. The molecule has 0 spiro atoms. The molecule has 0 aliphatic carbocycles. The summed E-state index contributed by atoms with van der Waals surface area (Å²) in [5.41, 5.74) is 2.03. The van der Waals surface area contributed by atoms with Crippen molar-refractivity contribution >= 4 is 23.4 Å². The van der Waals surface area contributed by atoms with Crippen molar-refractivity contribution in [3.8, 4) is 0 Å². The summed E-state index contributed by atoms with van der Waals surface area (Å²) in [4.78, 5) is 11.6. The van der Waals surface area contributed by atoms with Crippen molar-refractivity contribution < 1.29 is 9.90 Å². The molecule has 0 aromatic carbocycles. The van der Waals surface area contributed by atoms with E-state index in [2.05, 4.69) is 5.10 Å². The minimum atomic E-state index is -0.933. The van der Waals surface area contributed by atoms with Gasteiger partial charge in [0.1, 0.15) is 0 Å². The summed E-state index contributed by atoms with van der Waals surface area (Å²) in [5, 5.41) is 14.8. The first kappa shape index (κ1) is 11.6. The van der Waals surface area contributed by atoms with Crippen molar-refractivity contribution in [1.82, 2.24) is 9.78 Å². The number of carboxylic acids is 1. The molecule has 0 bridgehead atoms. The number of rotatable bonds is 4. The molecule has 5 heteroatoms. The van der Waals surface area contributed by atoms with Crippen molar-refractivity contribution in [2.45, 2.75) is 13.5 Å². The number of aliphatic carboxylic acids is 1. The topological polar surface area (TPSA) is 55.1 Å². The molecule has 4 nitrogen and oxygen atoms in total. The molecule has 0 radical (unpaired) electrons. The van der Waals surface area contributed by atoms with Gasteiger partial charge in [-0.3, -0.25) is 4.68 Å². The van der Waals surface area contributed by atoms with Crippen molar-refractivity contribution in [1.29, 1.82) is 0 Å². The van der Waals surface area contributed by atoms with Crippen LogP contribution in [0.4, 0.5) is 0 Å². The van der Waals surface area contributed by atoms with Gasteiger partial charge in [-0.1, -0.05) is 0 Å². The molecule has 2 aromatic rings. The maximum Gasteiger partial charge on any atom is 0.328 e. The molecule has 2 heterocycles. The van der Waals surface area contributed by atoms with E-state index in [9.17, 15) is 4.79 Å². The molecule has 17 heavy (non-hydrogen) atoms. The van der Waals surface area contributed by atoms with Crippen LogP contribution in [0.3, 0.4) is 0 Å². The van der Waals surface area contributed by atoms with Crippen LogP contribution in [0, 0.1) is 6.92 Å². The highest BCUT2D eigenvalue weighted by molar-refractivity contribution is 7.10. The van der Waals surface area contributed by atoms with E-state index in [0.717, 1.165) is 22.2 Å². The van der Waals surface area contributed by atoms with Gasteiger partial charge in [0.2, 0.25) is 0 Å². The van der Waals surface area contributed by atoms with Crippen LogP contribution in [0.15, 0.2) is 29.8 Å². The minimum Gasteiger partial charge on any atom is -0.478 e. The molecule has 0 fully saturated rings. The molecule has 0 aliphatic heterocycles. The highest BCUT2D eigenvalue weighted by atomic mass is 32.1. The van der Waals surface area contributed by atoms with Crippen LogP contribution in [0.5, 0.6) is 0 Å². The van der Waals surface area contributed by atoms with Gasteiger partial charge in [0.05, 0.1) is 6.54 Å². The lowest BCUT2D eigenvalue weighted by Crippen LogP contribution is -2.02. The van der Waals surface area contributed by atoms with E-state index in [0.29, 0.717) is 6.54 Å². The third-order valence-corrected chi connectivity index (χ3v) is 3.33. The van der Waals surface area contributed by atoms with Crippen LogP contribution in [-0.2, 0) is 11.3 Å². The predicted octanol–water partition coefficient (Wildman–Crippen LogP) is 2.40. The minimum absolute atomic E-state index is 0.676. The van der Waals surface area contributed by atoms with Crippen molar-refractivity contribution in [2.75, 3.05) is 0 Å². The van der Waals surface area contributed by atoms with Crippen LogP contribution in [-0.4, -0.2) is 20.9 Å². The molecule has 2 rings (SSSR count). The van der Waals surface area contributed by atoms with Crippen LogP contribution in [0.2, 0.25) is 0 Å². The fraction of sp³-hybridized carbons (Fsp3) is 0.167. The second-order valence-electron chi connectivity index (χ2n) is 3.60. The Hall–Kier alpha value is -1.88. The third kappa shape index (κ3) is 2.82. The third-order valence-electron chi connectivity index (χ3n) is 2.41. The monoisotopic (exact) mass is 248 g/mol. The number of carboxylic acid groups (broad SMARTS) is 1. The van der Waals surface area contributed by atoms with E-state index in [1.165, 1.54) is 0 Å². The Balaban J connectivity index is 2.20. The summed E-state index contributed by atoms with van der Waals surface area (Å²) in [6.07, 6.45) is 4.53. The zero-order valence-electron chi connectivity index (χ0n) is 9.33. The first-order valence-corrected chi connectivity index (χ1v) is 6.00. The van der Waals surface area contributed by atoms with Gasteiger partial charge in [-0.25, -0.2) is 4.79 Å². The van der Waals surface area contributed by atoms with Gasteiger partial charge in [-0.05, 0) is 36.1 Å². The SMILES string of the molecule is Cc1ccnn1Cc1sccc1C=CC(=O)O. The molecule has 0 saturated heterocycles. The van der Waals surface area contributed by atoms with Gasteiger partial charge >= 0.3 is 5.97 Å². The van der Waals surface area contributed by atoms with Crippen LogP contribution in [0.1, 0.15) is 16.1 Å². The number of aromatic nitrogens is 2. The Morgan fingerprint density at radius 3 is 3.06 bits per heavy atom. The fourth-order valence-corrected chi connectivity index (χ4v) is 2.34. The summed E-state index contributed by atoms with van der Waals surface area (Å²) < 4.78 is 1.89. The molecule has 0 atom stereocenters. The van der Waals surface area contributed by atoms with E-state index in [4.69, 9.17) is 5.11 Å². The summed E-state index contributed by atoms with van der Waals surface area (Å²) in [6.45, 7) is 2.67. The molecule has 0 aliphatic rings. The Morgan fingerprint density at radius 2 is 2.41 bits per heavy atom. The Bertz CT molecular complexity index is 554. The summed E-state index contributed by atoms with van der Waals surface area (Å²) in [5.74, 6) is -0.933. The second kappa shape index (κ2) is 4.97. The van der Waals surface area contributed by atoms with Crippen molar-refractivity contribution in [3.63, 3.8) is 0 Å². The van der Waals surface area contributed by atoms with Gasteiger partial charge in [0.25, 0.3) is 0 Å². The second-order valence-corrected chi connectivity index (χ2v) is 4.60. The first-order valence-electron chi connectivity index (χ1n) is 5.12. The van der Waals surface area contributed by atoms with Gasteiger partial charge < -0.3 is 5.11 Å². The largest absolute Gasteiger partial charge is 0.478 e. The van der Waals surface area contributed by atoms with Crippen LogP contribution < -0.4 is 0 Å². The van der Waals surface area contributed by atoms with Gasteiger partial charge in [-0.15, -0.1) is 11.3 Å². The highest BCUT2D eigenvalue weighted by Gasteiger charge is 2.05. The number of thiophene rings is 1. The Kier molecular flexibility index (Phi) is 3.39. The standard InChI is InChI=1S/C12H12N2O2S/c1-9-4-6-13-14(9)8-11-10(5-7-17-11)2-3-12(15)16/h2-7H,8H2,1H3,(H,15,16). The fourth-order valence-electron chi connectivity index (χ4n) is 1.49. The van der Waals surface area contributed by atoms with Gasteiger partial charge in [0, 0.05) is 22.8 Å². The van der Waals surface area contributed by atoms with E-state index < -0.39 is 5.97 Å². The van der Waals surface area contributed by atoms with Crippen molar-refractivity contribution in [3.05, 3.63) is 45.9 Å². The number of nitrogens with zero attached hydrogens (tertiary/aromatic N) is 2. The molecule has 2 aromatic heterocycles. The van der Waals surface area contributed by atoms with E-state index in [-0.39, 0.29) is 0 Å². The van der Waals surface area contributed by atoms with Crippen LogP contribution >= 0.6 is 11.3 Å². The molecule has 0 saturated carbocycles. The summed E-state index contributed by atoms with van der Waals surface area (Å²) >= 11 is 1.60. The van der Waals surface area contributed by atoms with Crippen molar-refractivity contribution in [2.24, 2.45) is 0 Å². The number of hydrogen-bond acceptors (Lipinski definition) is 3. The quantitative estimate of drug-likeness (QED) is 0.845.